The molecule has 1 aliphatic rings. The number of nitrogens with two attached hydrogens (primary N) is 1. The SMILES string of the molecule is NC1CCC(CNS(=O)(=O)c2cccc(F)c2)CC1. The molecule has 0 heterocycles. The van der Waals surface area contributed by atoms with Crippen LogP contribution in [0.25, 0.3) is 0 Å². The van der Waals surface area contributed by atoms with Crippen molar-refractivity contribution in [2.24, 2.45) is 11.7 Å². The van der Waals surface area contributed by atoms with Crippen LogP contribution in [0, 0.1) is 11.7 Å². The van der Waals surface area contributed by atoms with Crippen molar-refractivity contribution in [1.82, 2.24) is 4.72 Å². The van der Waals surface area contributed by atoms with Gasteiger partial charge in [-0.25, -0.2) is 17.5 Å². The molecule has 0 spiro atoms. The van der Waals surface area contributed by atoms with Gasteiger partial charge in [0.2, 0.25) is 10.0 Å². The van der Waals surface area contributed by atoms with E-state index in [1.165, 1.54) is 18.2 Å². The summed E-state index contributed by atoms with van der Waals surface area (Å²) in [5.41, 5.74) is 5.81. The maximum Gasteiger partial charge on any atom is 0.240 e. The third-order valence-corrected chi connectivity index (χ3v) is 4.98. The van der Waals surface area contributed by atoms with Crippen molar-refractivity contribution in [3.63, 3.8) is 0 Å². The first kappa shape index (κ1) is 14.4. The average Bonchev–Trinajstić information content (AvgIpc) is 2.38. The van der Waals surface area contributed by atoms with E-state index in [0.29, 0.717) is 12.5 Å². The Morgan fingerprint density at radius 3 is 2.58 bits per heavy atom. The van der Waals surface area contributed by atoms with E-state index in [1.807, 2.05) is 0 Å². The Morgan fingerprint density at radius 1 is 1.26 bits per heavy atom. The zero-order valence-electron chi connectivity index (χ0n) is 10.7. The highest BCUT2D eigenvalue weighted by Gasteiger charge is 2.21. The van der Waals surface area contributed by atoms with E-state index in [1.54, 1.807) is 0 Å². The van der Waals surface area contributed by atoms with Crippen LogP contribution in [0.5, 0.6) is 0 Å². The minimum Gasteiger partial charge on any atom is -0.328 e. The minimum absolute atomic E-state index is 0.0278. The number of nitrogens with one attached hydrogen (secondary N) is 1. The zero-order chi connectivity index (χ0) is 13.9. The molecule has 106 valence electrons. The molecule has 0 aromatic heterocycles. The average molecular weight is 286 g/mol. The molecule has 4 nitrogen and oxygen atoms in total. The summed E-state index contributed by atoms with van der Waals surface area (Å²) in [5, 5.41) is 0. The maximum atomic E-state index is 13.0. The number of sulfonamides is 1. The molecule has 1 fully saturated rings. The zero-order valence-corrected chi connectivity index (χ0v) is 11.5. The molecule has 1 aromatic carbocycles. The molecule has 0 radical (unpaired) electrons. The minimum atomic E-state index is -3.62. The normalized spacial score (nSPS) is 24.3. The first-order chi connectivity index (χ1) is 8.97. The number of halogens is 1. The standard InChI is InChI=1S/C13H19FN2O2S/c14-11-2-1-3-13(8-11)19(17,18)16-9-10-4-6-12(15)7-5-10/h1-3,8,10,12,16H,4-7,9,15H2. The lowest BCUT2D eigenvalue weighted by atomic mass is 9.87. The highest BCUT2D eigenvalue weighted by Crippen LogP contribution is 2.23. The summed E-state index contributed by atoms with van der Waals surface area (Å²) >= 11 is 0. The van der Waals surface area contributed by atoms with E-state index in [9.17, 15) is 12.8 Å². The van der Waals surface area contributed by atoms with Crippen LogP contribution >= 0.6 is 0 Å². The number of rotatable bonds is 4. The second kappa shape index (κ2) is 5.98. The second-order valence-electron chi connectivity index (χ2n) is 5.09. The molecule has 0 amide bonds. The van der Waals surface area contributed by atoms with Gasteiger partial charge in [-0.15, -0.1) is 0 Å². The molecular formula is C13H19FN2O2S. The van der Waals surface area contributed by atoms with Gasteiger partial charge in [-0.2, -0.15) is 0 Å². The summed E-state index contributed by atoms with van der Waals surface area (Å²) in [5.74, 6) is -0.227. The van der Waals surface area contributed by atoms with Gasteiger partial charge in [0, 0.05) is 12.6 Å². The number of hydrogen-bond acceptors (Lipinski definition) is 3. The lowest BCUT2D eigenvalue weighted by molar-refractivity contribution is 0.326. The van der Waals surface area contributed by atoms with Crippen molar-refractivity contribution in [2.45, 2.75) is 36.6 Å². The van der Waals surface area contributed by atoms with E-state index in [0.717, 1.165) is 31.7 Å². The van der Waals surface area contributed by atoms with Crippen molar-refractivity contribution in [3.05, 3.63) is 30.1 Å². The third-order valence-electron chi connectivity index (χ3n) is 3.56. The second-order valence-corrected chi connectivity index (χ2v) is 6.86. The summed E-state index contributed by atoms with van der Waals surface area (Å²) in [6, 6.07) is 5.28. The predicted molar refractivity (Wildman–Crippen MR) is 71.5 cm³/mol. The quantitative estimate of drug-likeness (QED) is 0.883. The van der Waals surface area contributed by atoms with Crippen LogP contribution in [0.1, 0.15) is 25.7 Å². The fourth-order valence-electron chi connectivity index (χ4n) is 2.34. The Bertz CT molecular complexity index is 525. The molecule has 0 atom stereocenters. The van der Waals surface area contributed by atoms with Crippen LogP contribution in [-0.2, 0) is 10.0 Å². The first-order valence-corrected chi connectivity index (χ1v) is 7.96. The number of benzene rings is 1. The van der Waals surface area contributed by atoms with Gasteiger partial charge in [0.1, 0.15) is 5.82 Å². The van der Waals surface area contributed by atoms with E-state index in [-0.39, 0.29) is 10.9 Å². The first-order valence-electron chi connectivity index (χ1n) is 6.48. The van der Waals surface area contributed by atoms with Crippen LogP contribution in [0.3, 0.4) is 0 Å². The Morgan fingerprint density at radius 2 is 1.95 bits per heavy atom. The van der Waals surface area contributed by atoms with Crippen molar-refractivity contribution in [1.29, 1.82) is 0 Å². The maximum absolute atomic E-state index is 13.0. The molecule has 0 aliphatic heterocycles. The van der Waals surface area contributed by atoms with E-state index >= 15 is 0 Å². The molecule has 1 aliphatic carbocycles. The molecule has 1 aromatic rings. The highest BCUT2D eigenvalue weighted by atomic mass is 32.2. The highest BCUT2D eigenvalue weighted by molar-refractivity contribution is 7.89. The van der Waals surface area contributed by atoms with Gasteiger partial charge in [-0.05, 0) is 49.8 Å². The van der Waals surface area contributed by atoms with Crippen LogP contribution in [0.15, 0.2) is 29.2 Å². The molecular weight excluding hydrogens is 267 g/mol. The Labute approximate surface area is 113 Å². The summed E-state index contributed by atoms with van der Waals surface area (Å²) in [6.45, 7) is 0.394. The van der Waals surface area contributed by atoms with Gasteiger partial charge >= 0.3 is 0 Å². The molecule has 0 bridgehead atoms. The molecule has 19 heavy (non-hydrogen) atoms. The number of hydrogen-bond donors (Lipinski definition) is 2. The van der Waals surface area contributed by atoms with E-state index < -0.39 is 15.8 Å². The van der Waals surface area contributed by atoms with Crippen molar-refractivity contribution in [2.75, 3.05) is 6.54 Å². The van der Waals surface area contributed by atoms with Crippen LogP contribution < -0.4 is 10.5 Å². The monoisotopic (exact) mass is 286 g/mol. The summed E-state index contributed by atoms with van der Waals surface area (Å²) in [7, 11) is -3.62. The Hall–Kier alpha value is -0.980. The van der Waals surface area contributed by atoms with Crippen LogP contribution in [0.4, 0.5) is 4.39 Å². The lowest BCUT2D eigenvalue weighted by Gasteiger charge is -2.26. The molecule has 6 heteroatoms. The topological polar surface area (TPSA) is 72.2 Å². The van der Waals surface area contributed by atoms with E-state index in [2.05, 4.69) is 4.72 Å². The fraction of sp³-hybridized carbons (Fsp3) is 0.538. The molecule has 0 saturated heterocycles. The largest absolute Gasteiger partial charge is 0.328 e. The molecule has 0 unspecified atom stereocenters. The van der Waals surface area contributed by atoms with Gasteiger partial charge in [-0.3, -0.25) is 0 Å². The summed E-state index contributed by atoms with van der Waals surface area (Å²) in [4.78, 5) is -0.0278. The van der Waals surface area contributed by atoms with Gasteiger partial charge in [0.15, 0.2) is 0 Å². The fourth-order valence-corrected chi connectivity index (χ4v) is 3.48. The predicted octanol–water partition coefficient (Wildman–Crippen LogP) is 1.62. The lowest BCUT2D eigenvalue weighted by Crippen LogP contribution is -2.34. The molecule has 1 saturated carbocycles. The van der Waals surface area contributed by atoms with Crippen molar-refractivity contribution >= 4 is 10.0 Å². The van der Waals surface area contributed by atoms with Crippen LogP contribution in [0.2, 0.25) is 0 Å². The Kier molecular flexibility index (Phi) is 4.54. The third kappa shape index (κ3) is 3.99. The van der Waals surface area contributed by atoms with Gasteiger partial charge < -0.3 is 5.73 Å². The van der Waals surface area contributed by atoms with E-state index in [4.69, 9.17) is 5.73 Å². The van der Waals surface area contributed by atoms with Crippen LogP contribution in [-0.4, -0.2) is 21.0 Å². The van der Waals surface area contributed by atoms with Crippen molar-refractivity contribution < 1.29 is 12.8 Å². The van der Waals surface area contributed by atoms with Gasteiger partial charge in [0.05, 0.1) is 4.90 Å². The van der Waals surface area contributed by atoms with Gasteiger partial charge in [-0.1, -0.05) is 6.07 Å². The molecule has 3 N–H and O–H groups in total. The summed E-state index contributed by atoms with van der Waals surface area (Å²) in [6.07, 6.45) is 3.75. The Balaban J connectivity index is 1.95. The van der Waals surface area contributed by atoms with Gasteiger partial charge in [0.25, 0.3) is 0 Å². The summed E-state index contributed by atoms with van der Waals surface area (Å²) < 4.78 is 39.6. The van der Waals surface area contributed by atoms with Crippen molar-refractivity contribution in [3.8, 4) is 0 Å². The molecule has 2 rings (SSSR count). The smallest absolute Gasteiger partial charge is 0.240 e.